The van der Waals surface area contributed by atoms with Crippen molar-refractivity contribution in [1.29, 1.82) is 0 Å². The van der Waals surface area contributed by atoms with Crippen LogP contribution >= 0.6 is 0 Å². The number of anilines is 1. The topological polar surface area (TPSA) is 97.4 Å². The van der Waals surface area contributed by atoms with E-state index in [-0.39, 0.29) is 0 Å². The molecule has 1 aromatic carbocycles. The van der Waals surface area contributed by atoms with Crippen LogP contribution in [0.1, 0.15) is 51.7 Å². The van der Waals surface area contributed by atoms with E-state index in [4.69, 9.17) is 24.7 Å². The molecule has 0 atom stereocenters. The Bertz CT molecular complexity index is 1460. The summed E-state index contributed by atoms with van der Waals surface area (Å²) in [7, 11) is 2.06. The zero-order chi connectivity index (χ0) is 27.1. The molecule has 3 aromatic heterocycles. The summed E-state index contributed by atoms with van der Waals surface area (Å²) < 4.78 is 9.91. The van der Waals surface area contributed by atoms with Gasteiger partial charge in [0.15, 0.2) is 17.0 Å². The first kappa shape index (κ1) is 26.2. The molecular weight excluding hydrogens is 492 g/mol. The Hall–Kier alpha value is -3.08. The van der Waals surface area contributed by atoms with Crippen molar-refractivity contribution in [2.75, 3.05) is 44.3 Å². The van der Waals surface area contributed by atoms with E-state index in [1.54, 1.807) is 0 Å². The van der Waals surface area contributed by atoms with Crippen LogP contribution in [-0.4, -0.2) is 84.1 Å². The van der Waals surface area contributed by atoms with E-state index >= 15 is 0 Å². The molecule has 6 rings (SSSR count). The average molecular weight is 533 g/mol. The average Bonchev–Trinajstić information content (AvgIpc) is 3.45. The Morgan fingerprint density at radius 3 is 2.44 bits per heavy atom. The molecule has 10 nitrogen and oxygen atoms in total. The fraction of sp³-hybridized carbons (Fsp3) is 0.586. The Balaban J connectivity index is 1.42. The van der Waals surface area contributed by atoms with Crippen molar-refractivity contribution in [2.24, 2.45) is 13.0 Å². The molecule has 2 aliphatic heterocycles. The summed E-state index contributed by atoms with van der Waals surface area (Å²) in [5.41, 5.74) is 3.02. The van der Waals surface area contributed by atoms with Crippen molar-refractivity contribution >= 4 is 28.0 Å². The predicted molar refractivity (Wildman–Crippen MR) is 152 cm³/mol. The molecule has 2 fully saturated rings. The van der Waals surface area contributed by atoms with Gasteiger partial charge in [0.1, 0.15) is 11.6 Å². The second kappa shape index (κ2) is 10.5. The van der Waals surface area contributed by atoms with Gasteiger partial charge >= 0.3 is 0 Å². The number of rotatable bonds is 7. The third-order valence-corrected chi connectivity index (χ3v) is 8.35. The number of morpholine rings is 1. The zero-order valence-electron chi connectivity index (χ0n) is 23.6. The minimum absolute atomic E-state index is 0.331. The van der Waals surface area contributed by atoms with E-state index in [1.165, 1.54) is 0 Å². The molecule has 2 saturated heterocycles. The van der Waals surface area contributed by atoms with E-state index in [2.05, 4.69) is 45.0 Å². The lowest BCUT2D eigenvalue weighted by atomic mass is 9.83. The summed E-state index contributed by atoms with van der Waals surface area (Å²) in [6.07, 6.45) is 3.82. The number of imidazole rings is 2. The first-order chi connectivity index (χ1) is 18.8. The van der Waals surface area contributed by atoms with Crippen LogP contribution < -0.4 is 4.90 Å². The molecule has 0 spiro atoms. The zero-order valence-corrected chi connectivity index (χ0v) is 23.6. The number of benzene rings is 1. The predicted octanol–water partition coefficient (Wildman–Crippen LogP) is 3.47. The number of nitrogens with zero attached hydrogens (tertiary/aromatic N) is 8. The standard InChI is InChI=1S/C29H40N8O2/c1-5-8-23-30-21-9-6-7-10-22(21)37(23)28-32-26-25(27(33-28)36-15-17-39-18-16-36)31-24(34(26)4)19-35-13-11-20(12-14-35)29(2,3)38/h6-7,9-10,20,38H,5,8,11-19H2,1-4H3. The molecule has 2 aliphatic rings. The highest BCUT2D eigenvalue weighted by Gasteiger charge is 2.31. The Kier molecular flexibility index (Phi) is 7.03. The summed E-state index contributed by atoms with van der Waals surface area (Å²) >= 11 is 0. The van der Waals surface area contributed by atoms with Crippen molar-refractivity contribution in [3.8, 4) is 5.95 Å². The third-order valence-electron chi connectivity index (χ3n) is 8.35. The number of piperidine rings is 1. The number of likely N-dealkylation sites (tertiary alicyclic amines) is 1. The number of para-hydroxylation sites is 2. The highest BCUT2D eigenvalue weighted by Crippen LogP contribution is 2.31. The van der Waals surface area contributed by atoms with E-state index in [0.717, 1.165) is 98.1 Å². The Morgan fingerprint density at radius 2 is 1.72 bits per heavy atom. The number of aliphatic hydroxyl groups is 1. The largest absolute Gasteiger partial charge is 0.390 e. The molecular formula is C29H40N8O2. The minimum Gasteiger partial charge on any atom is -0.390 e. The fourth-order valence-electron chi connectivity index (χ4n) is 6.01. The molecule has 4 aromatic rings. The van der Waals surface area contributed by atoms with Gasteiger partial charge in [-0.3, -0.25) is 9.47 Å². The van der Waals surface area contributed by atoms with Crippen LogP contribution in [0.2, 0.25) is 0 Å². The van der Waals surface area contributed by atoms with Gasteiger partial charge in [-0.1, -0.05) is 19.1 Å². The number of fused-ring (bicyclic) bond motifs is 2. The maximum absolute atomic E-state index is 10.5. The van der Waals surface area contributed by atoms with Crippen LogP contribution in [0.5, 0.6) is 0 Å². The molecule has 0 unspecified atom stereocenters. The Labute approximate surface area is 229 Å². The number of aromatic nitrogens is 6. The van der Waals surface area contributed by atoms with Gasteiger partial charge in [-0.05, 0) is 64.3 Å². The van der Waals surface area contributed by atoms with Crippen LogP contribution in [0, 0.1) is 5.92 Å². The second-order valence-electron chi connectivity index (χ2n) is 11.5. The van der Waals surface area contributed by atoms with Gasteiger partial charge in [0.05, 0.1) is 36.4 Å². The number of hydrogen-bond acceptors (Lipinski definition) is 8. The van der Waals surface area contributed by atoms with Gasteiger partial charge in [0.2, 0.25) is 5.95 Å². The quantitative estimate of drug-likeness (QED) is 0.387. The van der Waals surface area contributed by atoms with Crippen LogP contribution in [0.25, 0.3) is 28.1 Å². The van der Waals surface area contributed by atoms with Crippen molar-refractivity contribution in [3.63, 3.8) is 0 Å². The SMILES string of the molecule is CCCc1nc2ccccc2n1-c1nc(N2CCOCC2)c2nc(CN3CCC(C(C)(C)O)CC3)n(C)c2n1. The monoisotopic (exact) mass is 532 g/mol. The van der Waals surface area contributed by atoms with Gasteiger partial charge in [-0.15, -0.1) is 0 Å². The minimum atomic E-state index is -0.628. The van der Waals surface area contributed by atoms with Gasteiger partial charge < -0.3 is 19.3 Å². The third kappa shape index (κ3) is 5.01. The lowest BCUT2D eigenvalue weighted by molar-refractivity contribution is -0.0139. The fourth-order valence-corrected chi connectivity index (χ4v) is 6.01. The maximum Gasteiger partial charge on any atom is 0.239 e. The molecule has 0 amide bonds. The molecule has 39 heavy (non-hydrogen) atoms. The Morgan fingerprint density at radius 1 is 0.974 bits per heavy atom. The molecule has 5 heterocycles. The molecule has 208 valence electrons. The smallest absolute Gasteiger partial charge is 0.239 e. The summed E-state index contributed by atoms with van der Waals surface area (Å²) in [6.45, 7) is 11.6. The maximum atomic E-state index is 10.5. The molecule has 0 saturated carbocycles. The highest BCUT2D eigenvalue weighted by atomic mass is 16.5. The summed E-state index contributed by atoms with van der Waals surface area (Å²) in [5, 5.41) is 10.5. The van der Waals surface area contributed by atoms with Crippen LogP contribution in [-0.2, 0) is 24.8 Å². The van der Waals surface area contributed by atoms with E-state index in [9.17, 15) is 5.11 Å². The second-order valence-corrected chi connectivity index (χ2v) is 11.5. The number of hydrogen-bond donors (Lipinski definition) is 1. The number of aryl methyl sites for hydroxylation is 2. The molecule has 0 aliphatic carbocycles. The normalized spacial score (nSPS) is 18.0. The number of ether oxygens (including phenoxy) is 1. The van der Waals surface area contributed by atoms with E-state index in [0.29, 0.717) is 25.1 Å². The van der Waals surface area contributed by atoms with Crippen molar-refractivity contribution in [3.05, 3.63) is 35.9 Å². The van der Waals surface area contributed by atoms with Crippen molar-refractivity contribution in [1.82, 2.24) is 34.0 Å². The molecule has 1 N–H and O–H groups in total. The molecule has 0 bridgehead atoms. The van der Waals surface area contributed by atoms with E-state index in [1.807, 2.05) is 26.0 Å². The lowest BCUT2D eigenvalue weighted by Gasteiger charge is -2.37. The summed E-state index contributed by atoms with van der Waals surface area (Å²) in [5.74, 6) is 3.79. The first-order valence-corrected chi connectivity index (χ1v) is 14.3. The van der Waals surface area contributed by atoms with Gasteiger partial charge in [-0.2, -0.15) is 9.97 Å². The summed E-state index contributed by atoms with van der Waals surface area (Å²) in [4.78, 5) is 25.1. The van der Waals surface area contributed by atoms with Crippen LogP contribution in [0.3, 0.4) is 0 Å². The van der Waals surface area contributed by atoms with Crippen LogP contribution in [0.4, 0.5) is 5.82 Å². The van der Waals surface area contributed by atoms with Gasteiger partial charge in [0.25, 0.3) is 0 Å². The van der Waals surface area contributed by atoms with Crippen molar-refractivity contribution in [2.45, 2.75) is 58.6 Å². The first-order valence-electron chi connectivity index (χ1n) is 14.3. The van der Waals surface area contributed by atoms with Gasteiger partial charge in [0, 0.05) is 26.6 Å². The highest BCUT2D eigenvalue weighted by molar-refractivity contribution is 5.86. The lowest BCUT2D eigenvalue weighted by Crippen LogP contribution is -2.41. The van der Waals surface area contributed by atoms with E-state index < -0.39 is 5.60 Å². The van der Waals surface area contributed by atoms with Crippen LogP contribution in [0.15, 0.2) is 24.3 Å². The summed E-state index contributed by atoms with van der Waals surface area (Å²) in [6, 6.07) is 8.21. The molecule has 10 heteroatoms. The van der Waals surface area contributed by atoms with Gasteiger partial charge in [-0.25, -0.2) is 9.97 Å². The molecule has 0 radical (unpaired) electrons. The van der Waals surface area contributed by atoms with Crippen molar-refractivity contribution < 1.29 is 9.84 Å².